The van der Waals surface area contributed by atoms with Crippen molar-refractivity contribution in [1.82, 2.24) is 9.97 Å². The lowest BCUT2D eigenvalue weighted by molar-refractivity contribution is 0.0971. The topological polar surface area (TPSA) is 42.9 Å². The summed E-state index contributed by atoms with van der Waals surface area (Å²) in [5, 5.41) is 0. The standard InChI is InChI=1S/C16H16N2O/c1-10-6-7-12(8-11(10)2)16-17-9-13-14(18-16)4-3-5-15(13)19/h6-9H,3-5H2,1-2H3. The molecule has 0 N–H and O–H groups in total. The lowest BCUT2D eigenvalue weighted by Crippen LogP contribution is -2.13. The number of Topliss-reactive ketones (excluding diaryl/α,β-unsaturated/α-hetero) is 1. The van der Waals surface area contributed by atoms with E-state index in [9.17, 15) is 4.79 Å². The van der Waals surface area contributed by atoms with E-state index in [1.807, 2.05) is 6.07 Å². The molecule has 0 unspecified atom stereocenters. The molecule has 3 rings (SSSR count). The minimum Gasteiger partial charge on any atom is -0.294 e. The molecule has 2 aromatic rings. The molecule has 0 bridgehead atoms. The molecule has 1 heterocycles. The number of ketones is 1. The first kappa shape index (κ1) is 12.0. The summed E-state index contributed by atoms with van der Waals surface area (Å²) in [6.45, 7) is 4.17. The van der Waals surface area contributed by atoms with E-state index in [-0.39, 0.29) is 5.78 Å². The predicted octanol–water partition coefficient (Wildman–Crippen LogP) is 3.28. The van der Waals surface area contributed by atoms with Crippen LogP contribution >= 0.6 is 0 Å². The average Bonchev–Trinajstić information content (AvgIpc) is 2.42. The minimum atomic E-state index is 0.174. The van der Waals surface area contributed by atoms with Crippen molar-refractivity contribution in [3.05, 3.63) is 46.8 Å². The largest absolute Gasteiger partial charge is 0.294 e. The molecule has 1 aromatic heterocycles. The van der Waals surface area contributed by atoms with Gasteiger partial charge in [-0.1, -0.05) is 12.1 Å². The summed E-state index contributed by atoms with van der Waals surface area (Å²) in [5.74, 6) is 0.893. The zero-order valence-corrected chi connectivity index (χ0v) is 11.2. The smallest absolute Gasteiger partial charge is 0.166 e. The molecule has 96 valence electrons. The quantitative estimate of drug-likeness (QED) is 0.782. The van der Waals surface area contributed by atoms with E-state index in [0.717, 1.165) is 29.9 Å². The zero-order valence-electron chi connectivity index (χ0n) is 11.2. The van der Waals surface area contributed by atoms with E-state index in [1.54, 1.807) is 6.20 Å². The van der Waals surface area contributed by atoms with E-state index in [4.69, 9.17) is 0 Å². The lowest BCUT2D eigenvalue weighted by Gasteiger charge is -2.14. The van der Waals surface area contributed by atoms with Crippen LogP contribution in [0.25, 0.3) is 11.4 Å². The first-order valence-corrected chi connectivity index (χ1v) is 6.62. The van der Waals surface area contributed by atoms with E-state index in [1.165, 1.54) is 11.1 Å². The van der Waals surface area contributed by atoms with Crippen molar-refractivity contribution in [2.75, 3.05) is 0 Å². The van der Waals surface area contributed by atoms with Crippen LogP contribution in [0.3, 0.4) is 0 Å². The van der Waals surface area contributed by atoms with Crippen LogP contribution in [-0.2, 0) is 6.42 Å². The van der Waals surface area contributed by atoms with E-state index in [0.29, 0.717) is 12.0 Å². The van der Waals surface area contributed by atoms with Gasteiger partial charge in [-0.15, -0.1) is 0 Å². The van der Waals surface area contributed by atoms with E-state index in [2.05, 4.69) is 35.9 Å². The monoisotopic (exact) mass is 252 g/mol. The molecule has 0 amide bonds. The number of hydrogen-bond acceptors (Lipinski definition) is 3. The van der Waals surface area contributed by atoms with Crippen LogP contribution in [0.15, 0.2) is 24.4 Å². The molecule has 0 spiro atoms. The molecular formula is C16H16N2O. The highest BCUT2D eigenvalue weighted by Crippen LogP contribution is 2.23. The number of hydrogen-bond donors (Lipinski definition) is 0. The molecule has 0 saturated carbocycles. The van der Waals surface area contributed by atoms with Gasteiger partial charge in [0.25, 0.3) is 0 Å². The summed E-state index contributed by atoms with van der Waals surface area (Å²) in [4.78, 5) is 20.7. The summed E-state index contributed by atoms with van der Waals surface area (Å²) in [6.07, 6.45) is 4.09. The summed E-state index contributed by atoms with van der Waals surface area (Å²) in [7, 11) is 0. The number of nitrogens with zero attached hydrogens (tertiary/aromatic N) is 2. The molecule has 1 aliphatic rings. The third kappa shape index (κ3) is 2.16. The number of aromatic nitrogens is 2. The Balaban J connectivity index is 2.06. The summed E-state index contributed by atoms with van der Waals surface area (Å²) >= 11 is 0. The number of carbonyl (C=O) groups excluding carboxylic acids is 1. The van der Waals surface area contributed by atoms with Crippen LogP contribution in [0, 0.1) is 13.8 Å². The molecule has 0 radical (unpaired) electrons. The Morgan fingerprint density at radius 1 is 1.11 bits per heavy atom. The van der Waals surface area contributed by atoms with Crippen LogP contribution in [0.1, 0.15) is 40.0 Å². The molecule has 0 atom stereocenters. The molecule has 3 nitrogen and oxygen atoms in total. The highest BCUT2D eigenvalue weighted by atomic mass is 16.1. The number of benzene rings is 1. The molecule has 3 heteroatoms. The van der Waals surface area contributed by atoms with Crippen LogP contribution in [-0.4, -0.2) is 15.8 Å². The fourth-order valence-corrected chi connectivity index (χ4v) is 2.41. The fraction of sp³-hybridized carbons (Fsp3) is 0.312. The Kier molecular flexibility index (Phi) is 2.90. The maximum absolute atomic E-state index is 11.8. The number of carbonyl (C=O) groups is 1. The van der Waals surface area contributed by atoms with Gasteiger partial charge in [0.2, 0.25) is 0 Å². The highest BCUT2D eigenvalue weighted by molar-refractivity contribution is 5.97. The molecule has 19 heavy (non-hydrogen) atoms. The van der Waals surface area contributed by atoms with Crippen molar-refractivity contribution in [3.63, 3.8) is 0 Å². The third-order valence-corrected chi connectivity index (χ3v) is 3.75. The Labute approximate surface area is 112 Å². The molecule has 0 fully saturated rings. The molecule has 1 aromatic carbocycles. The Morgan fingerprint density at radius 2 is 1.95 bits per heavy atom. The van der Waals surface area contributed by atoms with Crippen molar-refractivity contribution in [3.8, 4) is 11.4 Å². The van der Waals surface area contributed by atoms with Gasteiger partial charge in [0.15, 0.2) is 11.6 Å². The van der Waals surface area contributed by atoms with Gasteiger partial charge in [-0.05, 0) is 43.9 Å². The SMILES string of the molecule is Cc1ccc(-c2ncc3c(n2)CCCC3=O)cc1C. The molecular weight excluding hydrogens is 236 g/mol. The van der Waals surface area contributed by atoms with Crippen molar-refractivity contribution < 1.29 is 4.79 Å². The van der Waals surface area contributed by atoms with Crippen LogP contribution in [0.5, 0.6) is 0 Å². The van der Waals surface area contributed by atoms with E-state index < -0.39 is 0 Å². The predicted molar refractivity (Wildman–Crippen MR) is 74.2 cm³/mol. The zero-order chi connectivity index (χ0) is 13.4. The van der Waals surface area contributed by atoms with Gasteiger partial charge in [0.05, 0.1) is 11.3 Å². The van der Waals surface area contributed by atoms with Gasteiger partial charge in [-0.2, -0.15) is 0 Å². The second kappa shape index (κ2) is 4.57. The number of fused-ring (bicyclic) bond motifs is 1. The molecule has 1 aliphatic carbocycles. The second-order valence-electron chi connectivity index (χ2n) is 5.13. The summed E-state index contributed by atoms with van der Waals surface area (Å²) < 4.78 is 0. The van der Waals surface area contributed by atoms with Crippen molar-refractivity contribution in [1.29, 1.82) is 0 Å². The third-order valence-electron chi connectivity index (χ3n) is 3.75. The maximum Gasteiger partial charge on any atom is 0.166 e. The maximum atomic E-state index is 11.8. The van der Waals surface area contributed by atoms with Crippen molar-refractivity contribution in [2.45, 2.75) is 33.1 Å². The molecule has 0 aliphatic heterocycles. The molecule has 0 saturated heterocycles. The number of aryl methyl sites for hydroxylation is 3. The number of rotatable bonds is 1. The van der Waals surface area contributed by atoms with Crippen LogP contribution in [0.2, 0.25) is 0 Å². The van der Waals surface area contributed by atoms with Gasteiger partial charge in [0, 0.05) is 18.2 Å². The first-order chi connectivity index (χ1) is 9.15. The summed E-state index contributed by atoms with van der Waals surface area (Å²) in [6, 6.07) is 6.22. The van der Waals surface area contributed by atoms with Gasteiger partial charge >= 0.3 is 0 Å². The highest BCUT2D eigenvalue weighted by Gasteiger charge is 2.19. The Bertz CT molecular complexity index is 662. The van der Waals surface area contributed by atoms with Crippen LogP contribution in [0.4, 0.5) is 0 Å². The van der Waals surface area contributed by atoms with Gasteiger partial charge in [-0.25, -0.2) is 9.97 Å². The van der Waals surface area contributed by atoms with Gasteiger partial charge in [-0.3, -0.25) is 4.79 Å². The normalized spacial score (nSPS) is 14.3. The van der Waals surface area contributed by atoms with Gasteiger partial charge < -0.3 is 0 Å². The van der Waals surface area contributed by atoms with Crippen molar-refractivity contribution >= 4 is 5.78 Å². The van der Waals surface area contributed by atoms with E-state index >= 15 is 0 Å². The van der Waals surface area contributed by atoms with Crippen LogP contribution < -0.4 is 0 Å². The lowest BCUT2D eigenvalue weighted by atomic mass is 9.96. The van der Waals surface area contributed by atoms with Crippen molar-refractivity contribution in [2.24, 2.45) is 0 Å². The minimum absolute atomic E-state index is 0.174. The first-order valence-electron chi connectivity index (χ1n) is 6.62. The average molecular weight is 252 g/mol. The Hall–Kier alpha value is -2.03. The fourth-order valence-electron chi connectivity index (χ4n) is 2.41. The van der Waals surface area contributed by atoms with Gasteiger partial charge in [0.1, 0.15) is 0 Å². The second-order valence-corrected chi connectivity index (χ2v) is 5.13. The summed E-state index contributed by atoms with van der Waals surface area (Å²) in [5.41, 5.74) is 5.12. The Morgan fingerprint density at radius 3 is 2.74 bits per heavy atom.